The molecule has 1 fully saturated rings. The molecule has 0 N–H and O–H groups in total. The summed E-state index contributed by atoms with van der Waals surface area (Å²) >= 11 is 0. The lowest BCUT2D eigenvalue weighted by Crippen LogP contribution is -2.30. The molecule has 0 bridgehead atoms. The highest BCUT2D eigenvalue weighted by Gasteiger charge is 2.38. The van der Waals surface area contributed by atoms with E-state index >= 15 is 0 Å². The van der Waals surface area contributed by atoms with Gasteiger partial charge in [0.25, 0.3) is 11.6 Å². The van der Waals surface area contributed by atoms with E-state index in [-0.39, 0.29) is 11.4 Å². The number of cyclic esters (lactones) is 1. The Labute approximate surface area is 95.7 Å². The molecule has 1 aliphatic heterocycles. The fourth-order valence-corrected chi connectivity index (χ4v) is 1.48. The van der Waals surface area contributed by atoms with Crippen LogP contribution in [0, 0.1) is 10.1 Å². The molecule has 0 aromatic heterocycles. The number of imide groups is 1. The topological polar surface area (TPSA) is 89.8 Å². The van der Waals surface area contributed by atoms with Crippen molar-refractivity contribution < 1.29 is 19.2 Å². The molecule has 88 valence electrons. The number of nitro benzene ring substituents is 1. The lowest BCUT2D eigenvalue weighted by Gasteiger charge is -2.09. The highest BCUT2D eigenvalue weighted by atomic mass is 16.6. The summed E-state index contributed by atoms with van der Waals surface area (Å²) in [4.78, 5) is 33.7. The fourth-order valence-electron chi connectivity index (χ4n) is 1.48. The molecule has 0 spiro atoms. The van der Waals surface area contributed by atoms with Crippen molar-refractivity contribution in [2.45, 2.75) is 13.0 Å². The summed E-state index contributed by atoms with van der Waals surface area (Å²) in [7, 11) is 0. The number of benzene rings is 1. The van der Waals surface area contributed by atoms with Crippen LogP contribution in [0.25, 0.3) is 0 Å². The van der Waals surface area contributed by atoms with E-state index in [1.807, 2.05) is 0 Å². The van der Waals surface area contributed by atoms with Crippen molar-refractivity contribution in [3.8, 4) is 0 Å². The maximum Gasteiger partial charge on any atom is 0.422 e. The van der Waals surface area contributed by atoms with Gasteiger partial charge in [-0.05, 0) is 19.1 Å². The van der Waals surface area contributed by atoms with Gasteiger partial charge in [0.15, 0.2) is 6.10 Å². The second-order valence-electron chi connectivity index (χ2n) is 3.47. The molecule has 1 aromatic rings. The van der Waals surface area contributed by atoms with Gasteiger partial charge in [-0.3, -0.25) is 14.9 Å². The van der Waals surface area contributed by atoms with Gasteiger partial charge in [-0.1, -0.05) is 0 Å². The van der Waals surface area contributed by atoms with Gasteiger partial charge in [0.1, 0.15) is 0 Å². The van der Waals surface area contributed by atoms with E-state index in [1.165, 1.54) is 31.2 Å². The smallest absolute Gasteiger partial charge is 0.422 e. The molecule has 1 heterocycles. The first-order valence-corrected chi connectivity index (χ1v) is 4.80. The number of hydrogen-bond acceptors (Lipinski definition) is 5. The van der Waals surface area contributed by atoms with Crippen molar-refractivity contribution in [3.05, 3.63) is 34.4 Å². The third-order valence-corrected chi connectivity index (χ3v) is 2.35. The first-order chi connectivity index (χ1) is 8.00. The Kier molecular flexibility index (Phi) is 2.51. The van der Waals surface area contributed by atoms with Crippen LogP contribution in [0.4, 0.5) is 16.2 Å². The molecule has 0 aliphatic carbocycles. The first kappa shape index (κ1) is 11.1. The second kappa shape index (κ2) is 3.85. The standard InChI is InChI=1S/C10H8N2O5/c1-6-9(13)11(10(14)17-6)7-2-4-8(5-3-7)12(15)16/h2-6H,1H3. The number of carbonyl (C=O) groups excluding carboxylic acids is 2. The average molecular weight is 236 g/mol. The predicted molar refractivity (Wildman–Crippen MR) is 56.5 cm³/mol. The molecule has 1 atom stereocenters. The van der Waals surface area contributed by atoms with E-state index in [2.05, 4.69) is 0 Å². The summed E-state index contributed by atoms with van der Waals surface area (Å²) in [6.45, 7) is 1.46. The Morgan fingerprint density at radius 1 is 1.29 bits per heavy atom. The summed E-state index contributed by atoms with van der Waals surface area (Å²) < 4.78 is 4.72. The number of anilines is 1. The molecular weight excluding hydrogens is 228 g/mol. The number of nitro groups is 1. The van der Waals surface area contributed by atoms with Gasteiger partial charge in [-0.15, -0.1) is 0 Å². The van der Waals surface area contributed by atoms with Crippen LogP contribution in [0.5, 0.6) is 0 Å². The number of amides is 2. The monoisotopic (exact) mass is 236 g/mol. The maximum atomic E-state index is 11.6. The van der Waals surface area contributed by atoms with Crippen LogP contribution >= 0.6 is 0 Å². The summed E-state index contributed by atoms with van der Waals surface area (Å²) in [6, 6.07) is 5.10. The van der Waals surface area contributed by atoms with E-state index in [0.29, 0.717) is 0 Å². The number of carbonyl (C=O) groups is 2. The Morgan fingerprint density at radius 2 is 1.88 bits per heavy atom. The molecule has 2 rings (SSSR count). The van der Waals surface area contributed by atoms with Crippen LogP contribution in [0.3, 0.4) is 0 Å². The highest BCUT2D eigenvalue weighted by molar-refractivity contribution is 6.18. The number of nitrogens with zero attached hydrogens (tertiary/aromatic N) is 2. The number of ether oxygens (including phenoxy) is 1. The Morgan fingerprint density at radius 3 is 2.29 bits per heavy atom. The summed E-state index contributed by atoms with van der Waals surface area (Å²) in [5.41, 5.74) is 0.150. The minimum atomic E-state index is -0.822. The van der Waals surface area contributed by atoms with Crippen molar-refractivity contribution in [2.24, 2.45) is 0 Å². The van der Waals surface area contributed by atoms with Crippen LogP contribution in [-0.2, 0) is 9.53 Å². The van der Waals surface area contributed by atoms with Crippen molar-refractivity contribution in [1.29, 1.82) is 0 Å². The maximum absolute atomic E-state index is 11.6. The molecule has 0 radical (unpaired) electrons. The van der Waals surface area contributed by atoms with Crippen molar-refractivity contribution >= 4 is 23.4 Å². The Bertz CT molecular complexity index is 496. The molecule has 2 amide bonds. The van der Waals surface area contributed by atoms with E-state index in [1.54, 1.807) is 0 Å². The van der Waals surface area contributed by atoms with Gasteiger partial charge in [-0.2, -0.15) is 0 Å². The van der Waals surface area contributed by atoms with Gasteiger partial charge in [0.2, 0.25) is 0 Å². The second-order valence-corrected chi connectivity index (χ2v) is 3.47. The summed E-state index contributed by atoms with van der Waals surface area (Å²) in [5, 5.41) is 10.4. The summed E-state index contributed by atoms with van der Waals surface area (Å²) in [6.07, 6.45) is -1.59. The van der Waals surface area contributed by atoms with Crippen LogP contribution in [0.1, 0.15) is 6.92 Å². The first-order valence-electron chi connectivity index (χ1n) is 4.80. The lowest BCUT2D eigenvalue weighted by molar-refractivity contribution is -0.384. The van der Waals surface area contributed by atoms with E-state index in [0.717, 1.165) is 4.90 Å². The van der Waals surface area contributed by atoms with Gasteiger partial charge in [0, 0.05) is 12.1 Å². The van der Waals surface area contributed by atoms with Crippen molar-refractivity contribution in [2.75, 3.05) is 4.90 Å². The van der Waals surface area contributed by atoms with Gasteiger partial charge in [0.05, 0.1) is 10.6 Å². The van der Waals surface area contributed by atoms with E-state index in [4.69, 9.17) is 4.74 Å². The minimum absolute atomic E-state index is 0.109. The van der Waals surface area contributed by atoms with Crippen molar-refractivity contribution in [1.82, 2.24) is 0 Å². The molecule has 17 heavy (non-hydrogen) atoms. The predicted octanol–water partition coefficient (Wildman–Crippen LogP) is 1.47. The Hall–Kier alpha value is -2.44. The third-order valence-electron chi connectivity index (χ3n) is 2.35. The number of non-ortho nitro benzene ring substituents is 1. The average Bonchev–Trinajstić information content (AvgIpc) is 2.53. The van der Waals surface area contributed by atoms with E-state index < -0.39 is 23.0 Å². The molecule has 7 nitrogen and oxygen atoms in total. The quantitative estimate of drug-likeness (QED) is 0.572. The molecule has 1 saturated heterocycles. The highest BCUT2D eigenvalue weighted by Crippen LogP contribution is 2.24. The van der Waals surface area contributed by atoms with Crippen LogP contribution in [0.15, 0.2) is 24.3 Å². The lowest BCUT2D eigenvalue weighted by atomic mass is 10.2. The zero-order valence-corrected chi connectivity index (χ0v) is 8.82. The summed E-state index contributed by atoms with van der Waals surface area (Å²) in [5.74, 6) is -0.483. The zero-order chi connectivity index (χ0) is 12.6. The van der Waals surface area contributed by atoms with Crippen LogP contribution < -0.4 is 4.90 Å². The molecule has 0 saturated carbocycles. The normalized spacial score (nSPS) is 19.4. The third kappa shape index (κ3) is 1.82. The molecule has 1 aromatic carbocycles. The molecule has 1 unspecified atom stereocenters. The zero-order valence-electron chi connectivity index (χ0n) is 8.82. The van der Waals surface area contributed by atoms with Gasteiger partial charge < -0.3 is 4.74 Å². The number of hydrogen-bond donors (Lipinski definition) is 0. The fraction of sp³-hybridized carbons (Fsp3) is 0.200. The van der Waals surface area contributed by atoms with Crippen LogP contribution in [0.2, 0.25) is 0 Å². The van der Waals surface area contributed by atoms with Crippen molar-refractivity contribution in [3.63, 3.8) is 0 Å². The van der Waals surface area contributed by atoms with Crippen LogP contribution in [-0.4, -0.2) is 23.0 Å². The van der Waals surface area contributed by atoms with Gasteiger partial charge >= 0.3 is 6.09 Å². The molecular formula is C10H8N2O5. The minimum Gasteiger partial charge on any atom is -0.436 e. The SMILES string of the molecule is CC1OC(=O)N(c2ccc([N+](=O)[O-])cc2)C1=O. The molecule has 7 heteroatoms. The Balaban J connectivity index is 2.32. The molecule has 1 aliphatic rings. The van der Waals surface area contributed by atoms with E-state index in [9.17, 15) is 19.7 Å². The number of rotatable bonds is 2. The largest absolute Gasteiger partial charge is 0.436 e. The van der Waals surface area contributed by atoms with Gasteiger partial charge in [-0.25, -0.2) is 9.69 Å².